The van der Waals surface area contributed by atoms with E-state index < -0.39 is 0 Å². The second kappa shape index (κ2) is 7.67. The molecule has 5 heterocycles. The third-order valence-electron chi connectivity index (χ3n) is 7.26. The molecule has 1 atom stereocenters. The van der Waals surface area contributed by atoms with Crippen molar-refractivity contribution in [3.63, 3.8) is 0 Å². The Balaban J connectivity index is 1.25. The van der Waals surface area contributed by atoms with Crippen molar-refractivity contribution in [2.24, 2.45) is 11.8 Å². The number of anilines is 3. The van der Waals surface area contributed by atoms with Gasteiger partial charge in [-0.05, 0) is 37.1 Å². The highest BCUT2D eigenvalue weighted by Gasteiger charge is 2.29. The van der Waals surface area contributed by atoms with Crippen LogP contribution in [-0.4, -0.2) is 70.8 Å². The maximum absolute atomic E-state index is 4.89. The number of pyridine rings is 1. The summed E-state index contributed by atoms with van der Waals surface area (Å²) in [5.41, 5.74) is 3.85. The normalized spacial score (nSPS) is 22.4. The number of aromatic nitrogens is 4. The van der Waals surface area contributed by atoms with Gasteiger partial charge in [0.15, 0.2) is 5.82 Å². The van der Waals surface area contributed by atoms with Gasteiger partial charge in [0.2, 0.25) is 0 Å². The van der Waals surface area contributed by atoms with Crippen molar-refractivity contribution in [1.82, 2.24) is 24.5 Å². The summed E-state index contributed by atoms with van der Waals surface area (Å²) in [5.74, 6) is 3.53. The van der Waals surface area contributed by atoms with Crippen molar-refractivity contribution in [3.05, 3.63) is 30.6 Å². The van der Waals surface area contributed by atoms with Gasteiger partial charge in [-0.25, -0.2) is 14.5 Å². The molecule has 1 saturated carbocycles. The minimum absolute atomic E-state index is 0.680. The van der Waals surface area contributed by atoms with Gasteiger partial charge in [0.25, 0.3) is 0 Å². The number of rotatable bonds is 3. The summed E-state index contributed by atoms with van der Waals surface area (Å²) in [4.78, 5) is 14.0. The van der Waals surface area contributed by atoms with Gasteiger partial charge < -0.3 is 20.4 Å². The van der Waals surface area contributed by atoms with E-state index >= 15 is 0 Å². The summed E-state index contributed by atoms with van der Waals surface area (Å²) < 4.78 is 2.01. The molecular formula is C23H30N8. The fourth-order valence-corrected chi connectivity index (χ4v) is 4.93. The van der Waals surface area contributed by atoms with Gasteiger partial charge in [-0.1, -0.05) is 19.3 Å². The standard InChI is InChI=1S/C23H30N8/c1-29-7-9-30(10-8-29)22-15-25-21(14-26-22)20-11-18-5-6-19-23(31(18)28-20)27-13-17(12-24-19)16-3-2-4-16/h5-6,11,14-17,24,27H,2-4,7-10,12-13H2,1H3. The molecular weight excluding hydrogens is 388 g/mol. The molecule has 3 aromatic rings. The van der Waals surface area contributed by atoms with Crippen LogP contribution >= 0.6 is 0 Å². The topological polar surface area (TPSA) is 73.6 Å². The van der Waals surface area contributed by atoms with Crippen LogP contribution in [0.25, 0.3) is 16.9 Å². The third kappa shape index (κ3) is 3.48. The van der Waals surface area contributed by atoms with Crippen molar-refractivity contribution >= 4 is 22.8 Å². The summed E-state index contributed by atoms with van der Waals surface area (Å²) in [6.07, 6.45) is 7.86. The minimum Gasteiger partial charge on any atom is -0.382 e. The number of piperazine rings is 1. The van der Waals surface area contributed by atoms with Gasteiger partial charge in [0.05, 0.1) is 23.6 Å². The molecule has 0 radical (unpaired) electrons. The van der Waals surface area contributed by atoms with Crippen LogP contribution in [-0.2, 0) is 0 Å². The lowest BCUT2D eigenvalue weighted by atomic mass is 9.76. The summed E-state index contributed by atoms with van der Waals surface area (Å²) in [6, 6.07) is 6.38. The van der Waals surface area contributed by atoms with Crippen LogP contribution in [0.3, 0.4) is 0 Å². The summed E-state index contributed by atoms with van der Waals surface area (Å²) in [5, 5.41) is 12.2. The van der Waals surface area contributed by atoms with Crippen LogP contribution in [0.4, 0.5) is 17.3 Å². The SMILES string of the molecule is CN1CCN(c2cnc(-c3cc4ccc5c(n4n3)NCC(C3CCC3)CN5)cn2)CC1. The number of hydrogen-bond donors (Lipinski definition) is 2. The lowest BCUT2D eigenvalue weighted by Crippen LogP contribution is -2.44. The minimum atomic E-state index is 0.680. The first-order valence-corrected chi connectivity index (χ1v) is 11.5. The maximum atomic E-state index is 4.89. The third-order valence-corrected chi connectivity index (χ3v) is 7.26. The van der Waals surface area contributed by atoms with E-state index in [0.717, 1.165) is 79.4 Å². The van der Waals surface area contributed by atoms with Crippen LogP contribution in [0.5, 0.6) is 0 Å². The highest BCUT2D eigenvalue weighted by Crippen LogP contribution is 2.36. The second-order valence-electron chi connectivity index (χ2n) is 9.22. The van der Waals surface area contributed by atoms with E-state index in [1.54, 1.807) is 0 Å². The van der Waals surface area contributed by atoms with Gasteiger partial charge in [-0.15, -0.1) is 0 Å². The number of hydrogen-bond acceptors (Lipinski definition) is 7. The lowest BCUT2D eigenvalue weighted by molar-refractivity contribution is 0.224. The van der Waals surface area contributed by atoms with E-state index in [1.165, 1.54) is 19.3 Å². The van der Waals surface area contributed by atoms with Gasteiger partial charge in [-0.3, -0.25) is 0 Å². The smallest absolute Gasteiger partial charge is 0.151 e. The zero-order chi connectivity index (χ0) is 20.8. The predicted octanol–water partition coefficient (Wildman–Crippen LogP) is 2.80. The maximum Gasteiger partial charge on any atom is 0.151 e. The first-order valence-electron chi connectivity index (χ1n) is 11.5. The first kappa shape index (κ1) is 18.9. The Labute approximate surface area is 182 Å². The Morgan fingerprint density at radius 3 is 2.48 bits per heavy atom. The molecule has 1 aliphatic carbocycles. The largest absolute Gasteiger partial charge is 0.382 e. The molecule has 8 nitrogen and oxygen atoms in total. The highest BCUT2D eigenvalue weighted by molar-refractivity contribution is 5.74. The van der Waals surface area contributed by atoms with Crippen molar-refractivity contribution in [1.29, 1.82) is 0 Å². The second-order valence-corrected chi connectivity index (χ2v) is 9.22. The van der Waals surface area contributed by atoms with Crippen LogP contribution in [0, 0.1) is 11.8 Å². The molecule has 3 aliphatic rings. The zero-order valence-electron chi connectivity index (χ0n) is 18.1. The van der Waals surface area contributed by atoms with E-state index in [-0.39, 0.29) is 0 Å². The van der Waals surface area contributed by atoms with Gasteiger partial charge >= 0.3 is 0 Å². The van der Waals surface area contributed by atoms with Gasteiger partial charge in [-0.2, -0.15) is 5.10 Å². The van der Waals surface area contributed by atoms with Crippen molar-refractivity contribution in [2.45, 2.75) is 19.3 Å². The molecule has 2 aliphatic heterocycles. The number of fused-ring (bicyclic) bond motifs is 3. The summed E-state index contributed by atoms with van der Waals surface area (Å²) >= 11 is 0. The average molecular weight is 419 g/mol. The highest BCUT2D eigenvalue weighted by atomic mass is 15.3. The Morgan fingerprint density at radius 1 is 0.903 bits per heavy atom. The van der Waals surface area contributed by atoms with E-state index in [0.29, 0.717) is 5.92 Å². The number of nitrogens with zero attached hydrogens (tertiary/aromatic N) is 6. The molecule has 6 rings (SSSR count). The number of nitrogens with one attached hydrogen (secondary N) is 2. The monoisotopic (exact) mass is 418 g/mol. The molecule has 0 bridgehead atoms. The molecule has 3 aromatic heterocycles. The van der Waals surface area contributed by atoms with Crippen LogP contribution in [0.15, 0.2) is 30.6 Å². The quantitative estimate of drug-likeness (QED) is 0.678. The number of likely N-dealkylation sites (N-methyl/N-ethyl adjacent to an activating group) is 1. The fraction of sp³-hybridized carbons (Fsp3) is 0.522. The Hall–Kier alpha value is -2.87. The Kier molecular flexibility index (Phi) is 4.67. The van der Waals surface area contributed by atoms with Gasteiger partial charge in [0, 0.05) is 39.3 Å². The molecule has 2 fully saturated rings. The van der Waals surface area contributed by atoms with Crippen LogP contribution < -0.4 is 15.5 Å². The molecule has 0 amide bonds. The van der Waals surface area contributed by atoms with Crippen molar-refractivity contribution < 1.29 is 0 Å². The predicted molar refractivity (Wildman–Crippen MR) is 124 cm³/mol. The van der Waals surface area contributed by atoms with Crippen LogP contribution in [0.2, 0.25) is 0 Å². The summed E-state index contributed by atoms with van der Waals surface area (Å²) in [7, 11) is 2.16. The van der Waals surface area contributed by atoms with E-state index in [2.05, 4.69) is 50.7 Å². The van der Waals surface area contributed by atoms with Crippen molar-refractivity contribution in [2.75, 3.05) is 61.8 Å². The van der Waals surface area contributed by atoms with E-state index in [9.17, 15) is 0 Å². The molecule has 162 valence electrons. The molecule has 31 heavy (non-hydrogen) atoms. The van der Waals surface area contributed by atoms with Crippen molar-refractivity contribution in [3.8, 4) is 11.4 Å². The first-order chi connectivity index (χ1) is 15.2. The molecule has 1 saturated heterocycles. The molecule has 0 spiro atoms. The molecule has 8 heteroatoms. The average Bonchev–Trinajstić information content (AvgIpc) is 3.09. The van der Waals surface area contributed by atoms with E-state index in [4.69, 9.17) is 10.1 Å². The lowest BCUT2D eigenvalue weighted by Gasteiger charge is -2.33. The van der Waals surface area contributed by atoms with Crippen LogP contribution in [0.1, 0.15) is 19.3 Å². The van der Waals surface area contributed by atoms with Gasteiger partial charge in [0.1, 0.15) is 17.2 Å². The zero-order valence-corrected chi connectivity index (χ0v) is 18.1. The molecule has 2 N–H and O–H groups in total. The molecule has 0 aromatic carbocycles. The van der Waals surface area contributed by atoms with E-state index in [1.807, 2.05) is 16.9 Å². The fourth-order valence-electron chi connectivity index (χ4n) is 4.93. The Morgan fingerprint density at radius 2 is 1.74 bits per heavy atom. The molecule has 1 unspecified atom stereocenters. The Bertz CT molecular complexity index is 1060. The summed E-state index contributed by atoms with van der Waals surface area (Å²) in [6.45, 7) is 6.13.